The van der Waals surface area contributed by atoms with Gasteiger partial charge in [-0.15, -0.1) is 10.2 Å². The van der Waals surface area contributed by atoms with Gasteiger partial charge in [-0.25, -0.2) is 4.98 Å². The van der Waals surface area contributed by atoms with Crippen molar-refractivity contribution >= 4 is 17.5 Å². The number of nitrogens with one attached hydrogen (secondary N) is 1. The van der Waals surface area contributed by atoms with Gasteiger partial charge in [-0.05, 0) is 44.9 Å². The molecule has 0 spiro atoms. The summed E-state index contributed by atoms with van der Waals surface area (Å²) in [7, 11) is 0. The van der Waals surface area contributed by atoms with Crippen LogP contribution in [0.3, 0.4) is 0 Å². The zero-order chi connectivity index (χ0) is 17.3. The molecule has 0 amide bonds. The molecule has 0 radical (unpaired) electrons. The number of benzene rings is 1. The third-order valence-corrected chi connectivity index (χ3v) is 4.79. The third kappa shape index (κ3) is 3.44. The Labute approximate surface area is 145 Å². The molecular weight excluding hydrogens is 328 g/mol. The van der Waals surface area contributed by atoms with Crippen LogP contribution >= 0.6 is 11.6 Å². The highest BCUT2D eigenvalue weighted by Crippen LogP contribution is 2.32. The molecule has 1 aromatic carbocycles. The number of phenolic OH excluding ortho intramolecular Hbond substituents is 1. The van der Waals surface area contributed by atoms with Crippen LogP contribution in [-0.4, -0.2) is 37.0 Å². The molecule has 3 N–H and O–H groups in total. The molecule has 7 heteroatoms. The molecule has 1 heterocycles. The standard InChI is InChI=1S/C17H21ClN4O2/c1-10-15(12-7-6-11(18)9-13(12)23)21-22-16(19-10)20-14-5-3-4-8-17(14,2)24/h6-7,9,14,23-24H,3-5,8H2,1-2H3,(H,19,20,22)/t14-,17-/m1/s1. The van der Waals surface area contributed by atoms with Crippen molar-refractivity contribution in [2.24, 2.45) is 0 Å². The lowest BCUT2D eigenvalue weighted by Crippen LogP contribution is -2.47. The predicted molar refractivity (Wildman–Crippen MR) is 93.2 cm³/mol. The summed E-state index contributed by atoms with van der Waals surface area (Å²) in [5.74, 6) is 0.425. The zero-order valence-corrected chi connectivity index (χ0v) is 14.5. The summed E-state index contributed by atoms with van der Waals surface area (Å²) >= 11 is 5.86. The molecule has 128 valence electrons. The molecule has 1 fully saturated rings. The van der Waals surface area contributed by atoms with Gasteiger partial charge in [0.15, 0.2) is 0 Å². The second-order valence-electron chi connectivity index (χ2n) is 6.53. The minimum absolute atomic E-state index is 0.0395. The fraction of sp³-hybridized carbons (Fsp3) is 0.471. The lowest BCUT2D eigenvalue weighted by molar-refractivity contribution is 0.0103. The Bertz CT molecular complexity index is 751. The molecule has 0 unspecified atom stereocenters. The minimum Gasteiger partial charge on any atom is -0.507 e. The molecular formula is C17H21ClN4O2. The number of aliphatic hydroxyl groups is 1. The monoisotopic (exact) mass is 348 g/mol. The van der Waals surface area contributed by atoms with E-state index in [1.54, 1.807) is 12.1 Å². The smallest absolute Gasteiger partial charge is 0.243 e. The second kappa shape index (κ2) is 6.53. The summed E-state index contributed by atoms with van der Waals surface area (Å²) in [6, 6.07) is 4.74. The third-order valence-electron chi connectivity index (χ3n) is 4.56. The normalized spacial score (nSPS) is 23.9. The molecule has 1 aromatic heterocycles. The van der Waals surface area contributed by atoms with Gasteiger partial charge in [0.2, 0.25) is 5.95 Å². The van der Waals surface area contributed by atoms with Gasteiger partial charge < -0.3 is 15.5 Å². The number of hydrogen-bond acceptors (Lipinski definition) is 6. The van der Waals surface area contributed by atoms with Crippen molar-refractivity contribution < 1.29 is 10.2 Å². The van der Waals surface area contributed by atoms with E-state index in [2.05, 4.69) is 20.5 Å². The van der Waals surface area contributed by atoms with Gasteiger partial charge in [0, 0.05) is 10.6 Å². The summed E-state index contributed by atoms with van der Waals surface area (Å²) < 4.78 is 0. The Hall–Kier alpha value is -1.92. The fourth-order valence-electron chi connectivity index (χ4n) is 3.12. The van der Waals surface area contributed by atoms with E-state index in [0.29, 0.717) is 27.9 Å². The van der Waals surface area contributed by atoms with Gasteiger partial charge >= 0.3 is 0 Å². The Morgan fingerprint density at radius 1 is 1.29 bits per heavy atom. The molecule has 1 saturated carbocycles. The molecule has 0 bridgehead atoms. The van der Waals surface area contributed by atoms with E-state index in [-0.39, 0.29) is 11.8 Å². The minimum atomic E-state index is -0.775. The van der Waals surface area contributed by atoms with Crippen LogP contribution in [0.25, 0.3) is 11.3 Å². The van der Waals surface area contributed by atoms with Crippen LogP contribution < -0.4 is 5.32 Å². The number of aryl methyl sites for hydroxylation is 1. The van der Waals surface area contributed by atoms with Crippen LogP contribution in [0.2, 0.25) is 5.02 Å². The van der Waals surface area contributed by atoms with E-state index in [0.717, 1.165) is 25.7 Å². The highest BCUT2D eigenvalue weighted by atomic mass is 35.5. The number of anilines is 1. The number of nitrogens with zero attached hydrogens (tertiary/aromatic N) is 3. The quantitative estimate of drug-likeness (QED) is 0.788. The van der Waals surface area contributed by atoms with Crippen LogP contribution in [0, 0.1) is 6.92 Å². The number of aromatic nitrogens is 3. The van der Waals surface area contributed by atoms with Crippen LogP contribution in [0.1, 0.15) is 38.3 Å². The Morgan fingerprint density at radius 2 is 2.08 bits per heavy atom. The largest absolute Gasteiger partial charge is 0.507 e. The topological polar surface area (TPSA) is 91.2 Å². The van der Waals surface area contributed by atoms with E-state index >= 15 is 0 Å². The molecule has 0 saturated heterocycles. The average Bonchev–Trinajstić information content (AvgIpc) is 2.50. The first-order valence-corrected chi connectivity index (χ1v) is 8.44. The van der Waals surface area contributed by atoms with Crippen LogP contribution in [0.4, 0.5) is 5.95 Å². The van der Waals surface area contributed by atoms with Gasteiger partial charge in [0.05, 0.1) is 17.3 Å². The second-order valence-corrected chi connectivity index (χ2v) is 6.97. The van der Waals surface area contributed by atoms with Crippen molar-refractivity contribution in [3.05, 3.63) is 28.9 Å². The summed E-state index contributed by atoms with van der Waals surface area (Å²) in [4.78, 5) is 4.43. The first kappa shape index (κ1) is 16.9. The molecule has 2 atom stereocenters. The summed E-state index contributed by atoms with van der Waals surface area (Å²) in [6.45, 7) is 3.65. The van der Waals surface area contributed by atoms with E-state index in [4.69, 9.17) is 11.6 Å². The highest BCUT2D eigenvalue weighted by molar-refractivity contribution is 6.30. The Morgan fingerprint density at radius 3 is 2.75 bits per heavy atom. The van der Waals surface area contributed by atoms with E-state index in [1.165, 1.54) is 6.07 Å². The molecule has 24 heavy (non-hydrogen) atoms. The summed E-state index contributed by atoms with van der Waals surface area (Å²) in [6.07, 6.45) is 3.72. The Kier molecular flexibility index (Phi) is 4.60. The Balaban J connectivity index is 1.85. The van der Waals surface area contributed by atoms with Gasteiger partial charge in [-0.3, -0.25) is 0 Å². The molecule has 0 aliphatic heterocycles. The van der Waals surface area contributed by atoms with Crippen molar-refractivity contribution in [1.82, 2.24) is 15.2 Å². The number of phenols is 1. The van der Waals surface area contributed by atoms with Crippen molar-refractivity contribution in [3.8, 4) is 17.0 Å². The fourth-order valence-corrected chi connectivity index (χ4v) is 3.29. The number of aromatic hydroxyl groups is 1. The first-order chi connectivity index (χ1) is 11.4. The highest BCUT2D eigenvalue weighted by Gasteiger charge is 2.34. The van der Waals surface area contributed by atoms with E-state index in [1.807, 2.05) is 13.8 Å². The lowest BCUT2D eigenvalue weighted by atomic mass is 9.82. The number of rotatable bonds is 3. The molecule has 1 aliphatic carbocycles. The van der Waals surface area contributed by atoms with Gasteiger partial charge in [0.25, 0.3) is 0 Å². The van der Waals surface area contributed by atoms with E-state index in [9.17, 15) is 10.2 Å². The van der Waals surface area contributed by atoms with Crippen LogP contribution in [0.15, 0.2) is 18.2 Å². The van der Waals surface area contributed by atoms with Crippen molar-refractivity contribution in [3.63, 3.8) is 0 Å². The lowest BCUT2D eigenvalue weighted by Gasteiger charge is -2.37. The molecule has 3 rings (SSSR count). The van der Waals surface area contributed by atoms with Gasteiger partial charge in [0.1, 0.15) is 11.4 Å². The molecule has 6 nitrogen and oxygen atoms in total. The molecule has 2 aromatic rings. The maximum Gasteiger partial charge on any atom is 0.243 e. The first-order valence-electron chi connectivity index (χ1n) is 8.06. The van der Waals surface area contributed by atoms with Crippen molar-refractivity contribution in [2.75, 3.05) is 5.32 Å². The van der Waals surface area contributed by atoms with E-state index < -0.39 is 5.60 Å². The average molecular weight is 349 g/mol. The van der Waals surface area contributed by atoms with Crippen LogP contribution in [-0.2, 0) is 0 Å². The van der Waals surface area contributed by atoms with Gasteiger partial charge in [-0.2, -0.15) is 0 Å². The summed E-state index contributed by atoms with van der Waals surface area (Å²) in [5, 5.41) is 32.5. The SMILES string of the molecule is Cc1nc(N[C@@H]2CCCC[C@@]2(C)O)nnc1-c1ccc(Cl)cc1O. The maximum absolute atomic E-state index is 10.5. The zero-order valence-electron chi connectivity index (χ0n) is 13.8. The molecule has 1 aliphatic rings. The predicted octanol–water partition coefficient (Wildman–Crippen LogP) is 3.31. The van der Waals surface area contributed by atoms with Crippen molar-refractivity contribution in [1.29, 1.82) is 0 Å². The van der Waals surface area contributed by atoms with Gasteiger partial charge in [-0.1, -0.05) is 24.4 Å². The van der Waals surface area contributed by atoms with Crippen molar-refractivity contribution in [2.45, 2.75) is 51.2 Å². The summed E-state index contributed by atoms with van der Waals surface area (Å²) in [5.41, 5.74) is 0.904. The number of hydrogen-bond donors (Lipinski definition) is 3. The number of halogens is 1. The van der Waals surface area contributed by atoms with Crippen LogP contribution in [0.5, 0.6) is 5.75 Å². The maximum atomic E-state index is 10.5.